The van der Waals surface area contributed by atoms with Gasteiger partial charge in [0.25, 0.3) is 10.0 Å². The molecule has 0 saturated heterocycles. The fraction of sp³-hybridized carbons (Fsp3) is 0.125. The van der Waals surface area contributed by atoms with Gasteiger partial charge in [-0.25, -0.2) is 8.42 Å². The minimum Gasteiger partial charge on any atom is -0.389 e. The molecule has 1 rings (SSSR count). The highest BCUT2D eigenvalue weighted by Crippen LogP contribution is 2.23. The van der Waals surface area contributed by atoms with Crippen LogP contribution in [0.2, 0.25) is 0 Å². The molecule has 0 bridgehead atoms. The molecule has 0 fully saturated rings. The molecule has 1 aromatic rings. The first-order valence-electron chi connectivity index (χ1n) is 4.13. The Morgan fingerprint density at radius 2 is 2.06 bits per heavy atom. The maximum atomic E-state index is 12.2. The third-order valence-corrected chi connectivity index (χ3v) is 3.42. The van der Waals surface area contributed by atoms with Crippen LogP contribution in [0.5, 0.6) is 0 Å². The van der Waals surface area contributed by atoms with Crippen LogP contribution in [-0.4, -0.2) is 19.2 Å². The van der Waals surface area contributed by atoms with Gasteiger partial charge in [-0.3, -0.25) is 4.72 Å². The van der Waals surface area contributed by atoms with Crippen LogP contribution in [0.25, 0.3) is 0 Å². The Kier molecular flexibility index (Phi) is 4.39. The summed E-state index contributed by atoms with van der Waals surface area (Å²) in [5.41, 5.74) is 5.45. The summed E-state index contributed by atoms with van der Waals surface area (Å²) in [6, 6.07) is 4.20. The standard InChI is InChI=1S/C8H7BrF2N2O2S2/c9-4-1-2-6(5(3-4)7(12)16)13-17(14,15)8(10)11/h1-3,8,13H,(H2,12,16). The smallest absolute Gasteiger partial charge is 0.355 e. The number of hydrogen-bond donors (Lipinski definition) is 2. The van der Waals surface area contributed by atoms with E-state index in [1.165, 1.54) is 18.2 Å². The van der Waals surface area contributed by atoms with Crippen LogP contribution >= 0.6 is 28.1 Å². The van der Waals surface area contributed by atoms with E-state index < -0.39 is 15.8 Å². The van der Waals surface area contributed by atoms with Crippen molar-refractivity contribution >= 4 is 48.8 Å². The van der Waals surface area contributed by atoms with Crippen molar-refractivity contribution in [1.82, 2.24) is 0 Å². The Morgan fingerprint density at radius 1 is 1.47 bits per heavy atom. The van der Waals surface area contributed by atoms with Crippen molar-refractivity contribution in [2.45, 2.75) is 5.76 Å². The van der Waals surface area contributed by atoms with Crippen molar-refractivity contribution < 1.29 is 17.2 Å². The molecule has 0 aliphatic carbocycles. The molecular formula is C8H7BrF2N2O2S2. The largest absolute Gasteiger partial charge is 0.389 e. The molecule has 0 radical (unpaired) electrons. The average Bonchev–Trinajstić information content (AvgIpc) is 2.19. The number of alkyl halides is 2. The molecule has 94 valence electrons. The maximum absolute atomic E-state index is 12.2. The minimum absolute atomic E-state index is 0.0824. The van der Waals surface area contributed by atoms with Gasteiger partial charge in [0.2, 0.25) is 0 Å². The highest BCUT2D eigenvalue weighted by molar-refractivity contribution is 9.10. The molecule has 0 amide bonds. The topological polar surface area (TPSA) is 72.2 Å². The Hall–Kier alpha value is -0.800. The molecule has 17 heavy (non-hydrogen) atoms. The molecule has 4 nitrogen and oxygen atoms in total. The zero-order chi connectivity index (χ0) is 13.2. The summed E-state index contributed by atoms with van der Waals surface area (Å²) < 4.78 is 48.7. The van der Waals surface area contributed by atoms with E-state index in [2.05, 4.69) is 15.9 Å². The van der Waals surface area contributed by atoms with Gasteiger partial charge in [0.1, 0.15) is 4.99 Å². The van der Waals surface area contributed by atoms with Gasteiger partial charge in [0.05, 0.1) is 5.69 Å². The molecule has 3 N–H and O–H groups in total. The predicted octanol–water partition coefficient (Wildman–Crippen LogP) is 2.05. The van der Waals surface area contributed by atoms with Gasteiger partial charge in [-0.05, 0) is 18.2 Å². The monoisotopic (exact) mass is 344 g/mol. The Morgan fingerprint density at radius 3 is 2.53 bits per heavy atom. The van der Waals surface area contributed by atoms with E-state index in [1.807, 2.05) is 0 Å². The molecule has 0 heterocycles. The van der Waals surface area contributed by atoms with Crippen molar-refractivity contribution in [3.63, 3.8) is 0 Å². The molecule has 1 aromatic carbocycles. The van der Waals surface area contributed by atoms with Gasteiger partial charge in [0.15, 0.2) is 0 Å². The molecule has 0 unspecified atom stereocenters. The summed E-state index contributed by atoms with van der Waals surface area (Å²) in [6.07, 6.45) is 0. The van der Waals surface area contributed by atoms with Crippen LogP contribution < -0.4 is 10.5 Å². The van der Waals surface area contributed by atoms with Crippen LogP contribution in [0.1, 0.15) is 5.56 Å². The first-order chi connectivity index (χ1) is 7.74. The zero-order valence-electron chi connectivity index (χ0n) is 8.15. The molecule has 0 spiro atoms. The third-order valence-electron chi connectivity index (χ3n) is 1.73. The van der Waals surface area contributed by atoms with Crippen molar-refractivity contribution in [3.8, 4) is 0 Å². The van der Waals surface area contributed by atoms with E-state index in [0.717, 1.165) is 0 Å². The average molecular weight is 345 g/mol. The van der Waals surface area contributed by atoms with Gasteiger partial charge in [-0.1, -0.05) is 28.1 Å². The highest BCUT2D eigenvalue weighted by atomic mass is 79.9. The van der Waals surface area contributed by atoms with Crippen molar-refractivity contribution in [2.75, 3.05) is 4.72 Å². The van der Waals surface area contributed by atoms with E-state index in [1.54, 1.807) is 4.72 Å². The lowest BCUT2D eigenvalue weighted by Gasteiger charge is -2.11. The van der Waals surface area contributed by atoms with Crippen molar-refractivity contribution in [2.24, 2.45) is 5.73 Å². The normalized spacial score (nSPS) is 11.5. The first-order valence-corrected chi connectivity index (χ1v) is 6.88. The Labute approximate surface area is 110 Å². The number of benzene rings is 1. The number of halogens is 3. The number of sulfonamides is 1. The van der Waals surface area contributed by atoms with Crippen LogP contribution in [0.15, 0.2) is 22.7 Å². The lowest BCUT2D eigenvalue weighted by atomic mass is 10.2. The Bertz CT molecular complexity index is 548. The van der Waals surface area contributed by atoms with Gasteiger partial charge >= 0.3 is 5.76 Å². The summed E-state index contributed by atoms with van der Waals surface area (Å²) in [5.74, 6) is -3.52. The molecule has 0 aliphatic heterocycles. The van der Waals surface area contributed by atoms with Crippen LogP contribution in [-0.2, 0) is 10.0 Å². The molecule has 0 aliphatic rings. The van der Waals surface area contributed by atoms with Gasteiger partial charge in [0, 0.05) is 10.0 Å². The summed E-state index contributed by atoms with van der Waals surface area (Å²) in [4.78, 5) is -0.0988. The summed E-state index contributed by atoms with van der Waals surface area (Å²) in [5, 5.41) is 0. The summed E-state index contributed by atoms with van der Waals surface area (Å²) >= 11 is 7.83. The molecular weight excluding hydrogens is 338 g/mol. The number of nitrogens with one attached hydrogen (secondary N) is 1. The second-order valence-corrected chi connectivity index (χ2v) is 5.97. The Balaban J connectivity index is 3.20. The minimum atomic E-state index is -4.73. The fourth-order valence-electron chi connectivity index (χ4n) is 1.01. The van der Waals surface area contributed by atoms with E-state index in [0.29, 0.717) is 4.47 Å². The SMILES string of the molecule is NC(=S)c1cc(Br)ccc1NS(=O)(=O)C(F)F. The number of thiocarbonyl (C=S) groups is 1. The molecule has 0 saturated carbocycles. The van der Waals surface area contributed by atoms with E-state index >= 15 is 0 Å². The third kappa shape index (κ3) is 3.58. The van der Waals surface area contributed by atoms with Crippen LogP contribution in [0, 0.1) is 0 Å². The maximum Gasteiger partial charge on any atom is 0.355 e. The van der Waals surface area contributed by atoms with E-state index in [4.69, 9.17) is 18.0 Å². The molecule has 9 heteroatoms. The van der Waals surface area contributed by atoms with Crippen molar-refractivity contribution in [3.05, 3.63) is 28.2 Å². The van der Waals surface area contributed by atoms with Gasteiger partial charge in [-0.2, -0.15) is 8.78 Å². The quantitative estimate of drug-likeness (QED) is 0.820. The highest BCUT2D eigenvalue weighted by Gasteiger charge is 2.25. The fourth-order valence-corrected chi connectivity index (χ4v) is 2.11. The van der Waals surface area contributed by atoms with Crippen molar-refractivity contribution in [1.29, 1.82) is 0 Å². The summed E-state index contributed by atoms with van der Waals surface area (Å²) in [7, 11) is -4.73. The number of hydrogen-bond acceptors (Lipinski definition) is 3. The van der Waals surface area contributed by atoms with Crippen LogP contribution in [0.3, 0.4) is 0 Å². The van der Waals surface area contributed by atoms with E-state index in [-0.39, 0.29) is 16.2 Å². The van der Waals surface area contributed by atoms with Crippen LogP contribution in [0.4, 0.5) is 14.5 Å². The lowest BCUT2D eigenvalue weighted by Crippen LogP contribution is -2.23. The number of nitrogens with two attached hydrogens (primary N) is 1. The predicted molar refractivity (Wildman–Crippen MR) is 68.6 cm³/mol. The number of anilines is 1. The van der Waals surface area contributed by atoms with E-state index in [9.17, 15) is 17.2 Å². The lowest BCUT2D eigenvalue weighted by molar-refractivity contribution is 0.236. The molecule has 0 atom stereocenters. The zero-order valence-corrected chi connectivity index (χ0v) is 11.4. The van der Waals surface area contributed by atoms with Gasteiger partial charge in [-0.15, -0.1) is 0 Å². The summed E-state index contributed by atoms with van der Waals surface area (Å²) in [6.45, 7) is 0. The van der Waals surface area contributed by atoms with Gasteiger partial charge < -0.3 is 5.73 Å². The first kappa shape index (κ1) is 14.3. The molecule has 0 aromatic heterocycles. The second kappa shape index (κ2) is 5.23. The second-order valence-electron chi connectivity index (χ2n) is 2.96. The number of rotatable bonds is 4.